The van der Waals surface area contributed by atoms with Crippen LogP contribution in [-0.4, -0.2) is 37.4 Å². The Hall–Kier alpha value is -2.82. The van der Waals surface area contributed by atoms with Crippen LogP contribution >= 0.6 is 0 Å². The molecule has 184 valence electrons. The third-order valence-electron chi connectivity index (χ3n) is 6.60. The summed E-state index contributed by atoms with van der Waals surface area (Å²) in [5.41, 5.74) is 4.66. The molecule has 0 unspecified atom stereocenters. The van der Waals surface area contributed by atoms with Crippen LogP contribution in [0.5, 0.6) is 0 Å². The highest BCUT2D eigenvalue weighted by Crippen LogP contribution is 2.29. The van der Waals surface area contributed by atoms with E-state index >= 15 is 0 Å². The molecule has 0 radical (unpaired) electrons. The van der Waals surface area contributed by atoms with Crippen molar-refractivity contribution < 1.29 is 9.59 Å². The molecular weight excluding hydrogens is 422 g/mol. The fourth-order valence-electron chi connectivity index (χ4n) is 4.91. The second-order valence-electron chi connectivity index (χ2n) is 10.4. The minimum atomic E-state index is 0.0353. The summed E-state index contributed by atoms with van der Waals surface area (Å²) >= 11 is 0. The SMILES string of the molecule is Cc1cccc(C(=O)N(Cc2cc(NC(=O)CCC3CCCC3)ccc2N(C)C)CC(C)C)c1. The Morgan fingerprint density at radius 2 is 1.79 bits per heavy atom. The minimum absolute atomic E-state index is 0.0353. The number of aryl methyl sites for hydroxylation is 1. The van der Waals surface area contributed by atoms with Crippen molar-refractivity contribution in [3.05, 3.63) is 59.2 Å². The van der Waals surface area contributed by atoms with Gasteiger partial charge in [0.2, 0.25) is 5.91 Å². The van der Waals surface area contributed by atoms with Gasteiger partial charge in [-0.15, -0.1) is 0 Å². The van der Waals surface area contributed by atoms with Gasteiger partial charge in [-0.3, -0.25) is 9.59 Å². The molecule has 2 aromatic rings. The molecular formula is C29H41N3O2. The van der Waals surface area contributed by atoms with Crippen molar-refractivity contribution in [2.45, 2.75) is 65.8 Å². The minimum Gasteiger partial charge on any atom is -0.377 e. The zero-order valence-electron chi connectivity index (χ0n) is 21.6. The average molecular weight is 464 g/mol. The molecule has 0 bridgehead atoms. The molecule has 1 aliphatic rings. The maximum absolute atomic E-state index is 13.4. The number of hydrogen-bond acceptors (Lipinski definition) is 3. The van der Waals surface area contributed by atoms with Crippen molar-refractivity contribution in [1.29, 1.82) is 0 Å². The second-order valence-corrected chi connectivity index (χ2v) is 10.4. The summed E-state index contributed by atoms with van der Waals surface area (Å²) in [6, 6.07) is 13.8. The van der Waals surface area contributed by atoms with E-state index in [4.69, 9.17) is 0 Å². The number of amides is 2. The first kappa shape index (κ1) is 25.8. The molecule has 0 atom stereocenters. The average Bonchev–Trinajstić information content (AvgIpc) is 3.30. The van der Waals surface area contributed by atoms with Crippen molar-refractivity contribution >= 4 is 23.2 Å². The molecule has 1 aliphatic carbocycles. The zero-order valence-corrected chi connectivity index (χ0v) is 21.6. The maximum atomic E-state index is 13.4. The predicted octanol–water partition coefficient (Wildman–Crippen LogP) is 6.27. The molecule has 0 saturated heterocycles. The van der Waals surface area contributed by atoms with Crippen molar-refractivity contribution in [3.63, 3.8) is 0 Å². The van der Waals surface area contributed by atoms with Gasteiger partial charge < -0.3 is 15.1 Å². The molecule has 5 heteroatoms. The highest BCUT2D eigenvalue weighted by atomic mass is 16.2. The summed E-state index contributed by atoms with van der Waals surface area (Å²) in [4.78, 5) is 30.0. The van der Waals surface area contributed by atoms with Crippen molar-refractivity contribution in [1.82, 2.24) is 4.90 Å². The summed E-state index contributed by atoms with van der Waals surface area (Å²) < 4.78 is 0. The number of carbonyl (C=O) groups is 2. The van der Waals surface area contributed by atoms with E-state index in [1.54, 1.807) is 0 Å². The van der Waals surface area contributed by atoms with Crippen LogP contribution in [0, 0.1) is 18.8 Å². The lowest BCUT2D eigenvalue weighted by Crippen LogP contribution is -2.34. The van der Waals surface area contributed by atoms with Gasteiger partial charge in [0.25, 0.3) is 5.91 Å². The van der Waals surface area contributed by atoms with E-state index in [0.29, 0.717) is 36.9 Å². The molecule has 0 aromatic heterocycles. The lowest BCUT2D eigenvalue weighted by molar-refractivity contribution is -0.116. The Kier molecular flexibility index (Phi) is 9.14. The van der Waals surface area contributed by atoms with Crippen molar-refractivity contribution in [2.75, 3.05) is 30.9 Å². The number of rotatable bonds is 10. The van der Waals surface area contributed by atoms with E-state index in [9.17, 15) is 9.59 Å². The number of benzene rings is 2. The highest BCUT2D eigenvalue weighted by molar-refractivity contribution is 5.94. The van der Waals surface area contributed by atoms with Gasteiger partial charge >= 0.3 is 0 Å². The van der Waals surface area contributed by atoms with Crippen LogP contribution in [0.4, 0.5) is 11.4 Å². The Balaban J connectivity index is 1.78. The van der Waals surface area contributed by atoms with Gasteiger partial charge in [0.1, 0.15) is 0 Å². The van der Waals surface area contributed by atoms with Crippen LogP contribution in [0.2, 0.25) is 0 Å². The van der Waals surface area contributed by atoms with Gasteiger partial charge in [-0.05, 0) is 61.1 Å². The summed E-state index contributed by atoms with van der Waals surface area (Å²) in [6.45, 7) is 7.42. The molecule has 0 spiro atoms. The van der Waals surface area contributed by atoms with Crippen LogP contribution in [-0.2, 0) is 11.3 Å². The smallest absolute Gasteiger partial charge is 0.254 e. The predicted molar refractivity (Wildman–Crippen MR) is 141 cm³/mol. The lowest BCUT2D eigenvalue weighted by atomic mass is 10.0. The third kappa shape index (κ3) is 7.34. The van der Waals surface area contributed by atoms with Crippen molar-refractivity contribution in [2.24, 2.45) is 11.8 Å². The first-order chi connectivity index (χ1) is 16.2. The van der Waals surface area contributed by atoms with E-state index < -0.39 is 0 Å². The van der Waals surface area contributed by atoms with Crippen molar-refractivity contribution in [3.8, 4) is 0 Å². The molecule has 1 fully saturated rings. The van der Waals surface area contributed by atoms with E-state index in [2.05, 4.69) is 24.1 Å². The van der Waals surface area contributed by atoms with Crippen LogP contribution in [0.3, 0.4) is 0 Å². The zero-order chi connectivity index (χ0) is 24.7. The fraction of sp³-hybridized carbons (Fsp3) is 0.517. The van der Waals surface area contributed by atoms with Gasteiger partial charge in [0.05, 0.1) is 0 Å². The van der Waals surface area contributed by atoms with Gasteiger partial charge in [0, 0.05) is 50.5 Å². The molecule has 5 nitrogen and oxygen atoms in total. The summed E-state index contributed by atoms with van der Waals surface area (Å²) in [5, 5.41) is 3.09. The first-order valence-corrected chi connectivity index (χ1v) is 12.7. The van der Waals surface area contributed by atoms with Gasteiger partial charge in [-0.25, -0.2) is 0 Å². The molecule has 0 heterocycles. The van der Waals surface area contributed by atoms with Crippen LogP contribution < -0.4 is 10.2 Å². The Bertz CT molecular complexity index is 977. The largest absolute Gasteiger partial charge is 0.377 e. The Labute approximate surface area is 205 Å². The van der Waals surface area contributed by atoms with Gasteiger partial charge in [0.15, 0.2) is 0 Å². The normalized spacial score (nSPS) is 13.8. The third-order valence-corrected chi connectivity index (χ3v) is 6.60. The first-order valence-electron chi connectivity index (χ1n) is 12.7. The number of hydrogen-bond donors (Lipinski definition) is 1. The summed E-state index contributed by atoms with van der Waals surface area (Å²) in [6.07, 6.45) is 6.67. The number of anilines is 2. The molecule has 2 aromatic carbocycles. The molecule has 1 saturated carbocycles. The maximum Gasteiger partial charge on any atom is 0.254 e. The summed E-state index contributed by atoms with van der Waals surface area (Å²) in [5.74, 6) is 1.16. The van der Waals surface area contributed by atoms with Crippen LogP contribution in [0.25, 0.3) is 0 Å². The van der Waals surface area contributed by atoms with Crippen LogP contribution in [0.15, 0.2) is 42.5 Å². The molecule has 1 N–H and O–H groups in total. The lowest BCUT2D eigenvalue weighted by Gasteiger charge is -2.28. The fourth-order valence-corrected chi connectivity index (χ4v) is 4.91. The number of nitrogens with one attached hydrogen (secondary N) is 1. The Morgan fingerprint density at radius 3 is 2.44 bits per heavy atom. The van der Waals surface area contributed by atoms with Gasteiger partial charge in [-0.1, -0.05) is 57.2 Å². The summed E-state index contributed by atoms with van der Waals surface area (Å²) in [7, 11) is 4.02. The van der Waals surface area contributed by atoms with E-state index in [1.165, 1.54) is 25.7 Å². The quantitative estimate of drug-likeness (QED) is 0.452. The number of carbonyl (C=O) groups excluding carboxylic acids is 2. The van der Waals surface area contributed by atoms with Crippen LogP contribution in [0.1, 0.15) is 73.9 Å². The standard InChI is InChI=1S/C29H41N3O2/c1-21(2)19-32(29(34)24-12-8-9-22(3)17-24)20-25-18-26(14-15-27(25)31(4)5)30-28(33)16-13-23-10-6-7-11-23/h8-9,12,14-15,17-18,21,23H,6-7,10-11,13,16,19-20H2,1-5H3,(H,30,33). The Morgan fingerprint density at radius 1 is 1.06 bits per heavy atom. The number of nitrogens with zero attached hydrogens (tertiary/aromatic N) is 2. The van der Waals surface area contributed by atoms with E-state index in [1.807, 2.05) is 68.4 Å². The topological polar surface area (TPSA) is 52.7 Å². The molecule has 0 aliphatic heterocycles. The molecule has 2 amide bonds. The second kappa shape index (κ2) is 12.0. The van der Waals surface area contributed by atoms with E-state index in [-0.39, 0.29) is 11.8 Å². The highest BCUT2D eigenvalue weighted by Gasteiger charge is 2.20. The monoisotopic (exact) mass is 463 g/mol. The molecule has 34 heavy (non-hydrogen) atoms. The molecule has 3 rings (SSSR count). The van der Waals surface area contributed by atoms with Gasteiger partial charge in [-0.2, -0.15) is 0 Å². The van der Waals surface area contributed by atoms with E-state index in [0.717, 1.165) is 28.9 Å².